The van der Waals surface area contributed by atoms with Gasteiger partial charge < -0.3 is 13.3 Å². The number of aromatic nitrogens is 4. The van der Waals surface area contributed by atoms with Crippen molar-refractivity contribution in [1.29, 1.82) is 0 Å². The summed E-state index contributed by atoms with van der Waals surface area (Å²) in [6, 6.07) is 4.10. The van der Waals surface area contributed by atoms with Gasteiger partial charge in [0, 0.05) is 4.88 Å². The minimum Gasteiger partial charge on any atom is -0.466 e. The summed E-state index contributed by atoms with van der Waals surface area (Å²) in [6.07, 6.45) is 3.53. The molecule has 0 spiro atoms. The van der Waals surface area contributed by atoms with E-state index >= 15 is 0 Å². The van der Waals surface area contributed by atoms with Crippen LogP contribution in [0, 0.1) is 19.8 Å². The molecule has 4 aromatic heterocycles. The largest absolute Gasteiger partial charge is 0.466 e. The quantitative estimate of drug-likeness (QED) is 0.386. The van der Waals surface area contributed by atoms with Crippen LogP contribution >= 0.6 is 23.1 Å². The number of thioether (sulfide) groups is 1. The number of hydrogen-bond donors (Lipinski definition) is 0. The first-order chi connectivity index (χ1) is 14.0. The highest BCUT2D eigenvalue weighted by atomic mass is 32.2. The molecule has 5 rings (SSSR count). The Labute approximate surface area is 175 Å². The Kier molecular flexibility index (Phi) is 4.79. The van der Waals surface area contributed by atoms with E-state index in [0.29, 0.717) is 28.6 Å². The van der Waals surface area contributed by atoms with Gasteiger partial charge in [-0.05, 0) is 56.7 Å². The monoisotopic (exact) mass is 428 g/mol. The third-order valence-electron chi connectivity index (χ3n) is 5.00. The molecule has 0 N–H and O–H groups in total. The molecule has 0 amide bonds. The highest BCUT2D eigenvalue weighted by molar-refractivity contribution is 7.98. The van der Waals surface area contributed by atoms with E-state index in [-0.39, 0.29) is 0 Å². The van der Waals surface area contributed by atoms with Gasteiger partial charge in [0.15, 0.2) is 0 Å². The number of nitrogens with zero attached hydrogens (tertiary/aromatic N) is 4. The molecule has 0 fully saturated rings. The molecule has 150 valence electrons. The number of hydrogen-bond acceptors (Lipinski definition) is 9. The topological polar surface area (TPSA) is 91.0 Å². The lowest BCUT2D eigenvalue weighted by Gasteiger charge is -2.16. The lowest BCUT2D eigenvalue weighted by atomic mass is 9.90. The number of furan rings is 1. The number of rotatable bonds is 5. The first-order valence-corrected chi connectivity index (χ1v) is 11.3. The Balaban J connectivity index is 1.26. The Bertz CT molecular complexity index is 1160. The minimum absolute atomic E-state index is 0.458. The Morgan fingerprint density at radius 3 is 2.76 bits per heavy atom. The van der Waals surface area contributed by atoms with Crippen molar-refractivity contribution in [3.05, 3.63) is 40.0 Å². The van der Waals surface area contributed by atoms with Crippen molar-refractivity contribution in [2.45, 2.75) is 51.0 Å². The first kappa shape index (κ1) is 18.6. The third-order valence-corrected chi connectivity index (χ3v) is 7.03. The van der Waals surface area contributed by atoms with Crippen molar-refractivity contribution in [2.24, 2.45) is 5.92 Å². The molecule has 0 aromatic carbocycles. The number of fused-ring (bicyclic) bond motifs is 1. The average molecular weight is 429 g/mol. The maximum absolute atomic E-state index is 5.86. The molecule has 1 aliphatic rings. The Morgan fingerprint density at radius 1 is 1.07 bits per heavy atom. The molecule has 7 nitrogen and oxygen atoms in total. The molecule has 1 atom stereocenters. The maximum atomic E-state index is 5.86. The smallest absolute Gasteiger partial charge is 0.277 e. The summed E-state index contributed by atoms with van der Waals surface area (Å²) in [6.45, 7) is 6.07. The van der Waals surface area contributed by atoms with Gasteiger partial charge in [-0.1, -0.05) is 18.7 Å². The van der Waals surface area contributed by atoms with Crippen LogP contribution in [0.4, 0.5) is 0 Å². The second-order valence-corrected chi connectivity index (χ2v) is 9.46. The second-order valence-electron chi connectivity index (χ2n) is 7.40. The van der Waals surface area contributed by atoms with E-state index < -0.39 is 0 Å². The van der Waals surface area contributed by atoms with Crippen LogP contribution in [0.15, 0.2) is 30.6 Å². The lowest BCUT2D eigenvalue weighted by Crippen LogP contribution is -2.07. The van der Waals surface area contributed by atoms with Crippen LogP contribution in [-0.2, 0) is 18.6 Å². The molecule has 4 heterocycles. The van der Waals surface area contributed by atoms with E-state index in [4.69, 9.17) is 13.3 Å². The van der Waals surface area contributed by atoms with Crippen molar-refractivity contribution in [1.82, 2.24) is 20.4 Å². The third kappa shape index (κ3) is 3.76. The van der Waals surface area contributed by atoms with Crippen LogP contribution in [0.5, 0.6) is 0 Å². The SMILES string of the molecule is Cc1cc(-c2nnc(CSc3nnc(-c4cc5c(s4)CC[C@H](C)C5)o3)o2)c(C)o1. The van der Waals surface area contributed by atoms with Crippen molar-refractivity contribution < 1.29 is 13.3 Å². The molecule has 0 aliphatic heterocycles. The van der Waals surface area contributed by atoms with E-state index in [0.717, 1.165) is 40.7 Å². The standard InChI is InChI=1S/C20H20N4O3S2/c1-10-4-5-15-13(6-10)8-16(29-15)19-23-24-20(27-19)28-9-17-21-22-18(26-17)14-7-11(2)25-12(14)3/h7-8,10H,4-6,9H2,1-3H3/t10-/m0/s1. The zero-order valence-electron chi connectivity index (χ0n) is 16.4. The highest BCUT2D eigenvalue weighted by Gasteiger charge is 2.21. The minimum atomic E-state index is 0.458. The molecule has 0 unspecified atom stereocenters. The van der Waals surface area contributed by atoms with E-state index in [1.54, 1.807) is 11.3 Å². The van der Waals surface area contributed by atoms with Crippen LogP contribution in [0.1, 0.15) is 41.2 Å². The molecule has 0 radical (unpaired) electrons. The van der Waals surface area contributed by atoms with Gasteiger partial charge in [-0.15, -0.1) is 31.7 Å². The summed E-state index contributed by atoms with van der Waals surface area (Å²) in [5.74, 6) is 4.32. The predicted molar refractivity (Wildman–Crippen MR) is 110 cm³/mol. The van der Waals surface area contributed by atoms with Crippen LogP contribution < -0.4 is 0 Å². The molecule has 29 heavy (non-hydrogen) atoms. The van der Waals surface area contributed by atoms with E-state index in [2.05, 4.69) is 33.4 Å². The van der Waals surface area contributed by atoms with Crippen molar-refractivity contribution in [2.75, 3.05) is 0 Å². The normalized spacial score (nSPS) is 16.3. The Morgan fingerprint density at radius 2 is 1.93 bits per heavy atom. The maximum Gasteiger partial charge on any atom is 0.277 e. The van der Waals surface area contributed by atoms with Crippen LogP contribution in [0.3, 0.4) is 0 Å². The van der Waals surface area contributed by atoms with Gasteiger partial charge in [-0.25, -0.2) is 0 Å². The first-order valence-electron chi connectivity index (χ1n) is 9.53. The van der Waals surface area contributed by atoms with Gasteiger partial charge in [0.1, 0.15) is 11.5 Å². The molecule has 0 saturated heterocycles. The van der Waals surface area contributed by atoms with Gasteiger partial charge in [0.2, 0.25) is 5.89 Å². The predicted octanol–water partition coefficient (Wildman–Crippen LogP) is 5.48. The van der Waals surface area contributed by atoms with Crippen molar-refractivity contribution >= 4 is 23.1 Å². The summed E-state index contributed by atoms with van der Waals surface area (Å²) in [5, 5.41) is 17.1. The fourth-order valence-electron chi connectivity index (χ4n) is 3.57. The zero-order valence-corrected chi connectivity index (χ0v) is 18.0. The summed E-state index contributed by atoms with van der Waals surface area (Å²) in [7, 11) is 0. The van der Waals surface area contributed by atoms with Gasteiger partial charge in [-0.3, -0.25) is 0 Å². The number of aryl methyl sites for hydroxylation is 3. The van der Waals surface area contributed by atoms with Crippen LogP contribution in [0.2, 0.25) is 0 Å². The average Bonchev–Trinajstić information content (AvgIpc) is 3.45. The summed E-state index contributed by atoms with van der Waals surface area (Å²) in [5.41, 5.74) is 2.25. The zero-order chi connectivity index (χ0) is 20.0. The van der Waals surface area contributed by atoms with Gasteiger partial charge in [-0.2, -0.15) is 0 Å². The second kappa shape index (κ2) is 7.46. The highest BCUT2D eigenvalue weighted by Crippen LogP contribution is 2.37. The summed E-state index contributed by atoms with van der Waals surface area (Å²) in [4.78, 5) is 2.50. The fourth-order valence-corrected chi connectivity index (χ4v) is 5.30. The van der Waals surface area contributed by atoms with Crippen molar-refractivity contribution in [3.63, 3.8) is 0 Å². The van der Waals surface area contributed by atoms with Gasteiger partial charge >= 0.3 is 0 Å². The van der Waals surface area contributed by atoms with Crippen LogP contribution in [0.25, 0.3) is 22.2 Å². The summed E-state index contributed by atoms with van der Waals surface area (Å²) < 4.78 is 17.1. The van der Waals surface area contributed by atoms with E-state index in [1.807, 2.05) is 19.9 Å². The molecular weight excluding hydrogens is 408 g/mol. The van der Waals surface area contributed by atoms with Crippen LogP contribution in [-0.4, -0.2) is 20.4 Å². The lowest BCUT2D eigenvalue weighted by molar-refractivity contribution is 0.465. The molecule has 1 aliphatic carbocycles. The summed E-state index contributed by atoms with van der Waals surface area (Å²) >= 11 is 3.15. The van der Waals surface area contributed by atoms with Gasteiger partial charge in [0.05, 0.1) is 16.2 Å². The van der Waals surface area contributed by atoms with E-state index in [9.17, 15) is 0 Å². The molecule has 0 saturated carbocycles. The molecule has 0 bridgehead atoms. The van der Waals surface area contributed by atoms with Gasteiger partial charge in [0.25, 0.3) is 17.0 Å². The molecule has 4 aromatic rings. The van der Waals surface area contributed by atoms with Crippen molar-refractivity contribution in [3.8, 4) is 22.2 Å². The molecular formula is C20H20N4O3S2. The Hall–Kier alpha value is -2.39. The number of thiophene rings is 1. The molecule has 9 heteroatoms. The fraction of sp³-hybridized carbons (Fsp3) is 0.400. The van der Waals surface area contributed by atoms with E-state index in [1.165, 1.54) is 28.6 Å².